The lowest BCUT2D eigenvalue weighted by atomic mass is 10.2. The van der Waals surface area contributed by atoms with E-state index in [1.807, 2.05) is 24.3 Å². The van der Waals surface area contributed by atoms with Gasteiger partial charge in [-0.15, -0.1) is 30.6 Å². The predicted molar refractivity (Wildman–Crippen MR) is 95.9 cm³/mol. The van der Waals surface area contributed by atoms with Gasteiger partial charge >= 0.3 is 0 Å². The molecular formula is C15H22IN3O. The van der Waals surface area contributed by atoms with E-state index < -0.39 is 0 Å². The van der Waals surface area contributed by atoms with E-state index >= 15 is 0 Å². The van der Waals surface area contributed by atoms with E-state index in [1.54, 1.807) is 19.2 Å². The van der Waals surface area contributed by atoms with Crippen LogP contribution in [0.4, 0.5) is 0 Å². The molecule has 0 fully saturated rings. The van der Waals surface area contributed by atoms with E-state index in [0.29, 0.717) is 19.7 Å². The number of nitrogens with zero attached hydrogens (tertiary/aromatic N) is 1. The van der Waals surface area contributed by atoms with Gasteiger partial charge in [-0.2, -0.15) is 0 Å². The monoisotopic (exact) mass is 387 g/mol. The second-order valence-electron chi connectivity index (χ2n) is 3.80. The Morgan fingerprint density at radius 2 is 2.00 bits per heavy atom. The number of hydrogen-bond acceptors (Lipinski definition) is 2. The molecule has 0 heterocycles. The number of hydrogen-bond donors (Lipinski definition) is 2. The second-order valence-corrected chi connectivity index (χ2v) is 3.80. The Hall–Kier alpha value is -1.50. The maximum atomic E-state index is 5.60. The molecule has 0 radical (unpaired) electrons. The summed E-state index contributed by atoms with van der Waals surface area (Å²) in [7, 11) is 1.73. The first-order valence-electron chi connectivity index (χ1n) is 6.18. The van der Waals surface area contributed by atoms with Gasteiger partial charge in [-0.1, -0.05) is 36.9 Å². The van der Waals surface area contributed by atoms with Crippen LogP contribution in [0.5, 0.6) is 5.75 Å². The first kappa shape index (κ1) is 18.5. The maximum absolute atomic E-state index is 5.60. The molecule has 5 heteroatoms. The molecule has 1 rings (SSSR count). The van der Waals surface area contributed by atoms with Crippen LogP contribution in [-0.2, 0) is 6.54 Å². The molecule has 0 aliphatic heterocycles. The molecule has 2 N–H and O–H groups in total. The molecule has 0 atom stereocenters. The zero-order valence-electron chi connectivity index (χ0n) is 11.8. The molecule has 0 unspecified atom stereocenters. The lowest BCUT2D eigenvalue weighted by Crippen LogP contribution is -2.36. The summed E-state index contributed by atoms with van der Waals surface area (Å²) in [5, 5.41) is 6.34. The number of halogens is 1. The molecule has 0 saturated heterocycles. The van der Waals surface area contributed by atoms with Gasteiger partial charge in [0.05, 0.1) is 0 Å². The van der Waals surface area contributed by atoms with Gasteiger partial charge in [0.1, 0.15) is 12.4 Å². The van der Waals surface area contributed by atoms with Crippen molar-refractivity contribution >= 4 is 29.9 Å². The molecule has 0 aliphatic rings. The summed E-state index contributed by atoms with van der Waals surface area (Å²) in [6.07, 6.45) is 3.52. The number of para-hydroxylation sites is 1. The van der Waals surface area contributed by atoms with Gasteiger partial charge in [0.15, 0.2) is 5.96 Å². The Balaban J connectivity index is 0.00000361. The maximum Gasteiger partial charge on any atom is 0.191 e. The van der Waals surface area contributed by atoms with Crippen molar-refractivity contribution in [3.63, 3.8) is 0 Å². The molecule has 110 valence electrons. The highest BCUT2D eigenvalue weighted by molar-refractivity contribution is 14.0. The van der Waals surface area contributed by atoms with Crippen molar-refractivity contribution in [1.82, 2.24) is 10.6 Å². The average Bonchev–Trinajstić information content (AvgIpc) is 2.46. The summed E-state index contributed by atoms with van der Waals surface area (Å²) in [6.45, 7) is 9.12. The Morgan fingerprint density at radius 3 is 2.65 bits per heavy atom. The molecule has 0 aliphatic carbocycles. The number of benzene rings is 1. The van der Waals surface area contributed by atoms with Crippen molar-refractivity contribution in [1.29, 1.82) is 0 Å². The fourth-order valence-corrected chi connectivity index (χ4v) is 1.51. The third kappa shape index (κ3) is 6.60. The fourth-order valence-electron chi connectivity index (χ4n) is 1.51. The van der Waals surface area contributed by atoms with Gasteiger partial charge in [-0.05, 0) is 6.07 Å². The quantitative estimate of drug-likeness (QED) is 0.327. The molecule has 0 bridgehead atoms. The van der Waals surface area contributed by atoms with E-state index in [-0.39, 0.29) is 24.0 Å². The zero-order valence-corrected chi connectivity index (χ0v) is 14.1. The van der Waals surface area contributed by atoms with Gasteiger partial charge in [-0.25, -0.2) is 0 Å². The standard InChI is InChI=1S/C15H21N3O.HI/c1-4-10-17-15(16-3)18-12-13-8-6-7-9-14(13)19-11-5-2;/h4-9H,1-2,10-12H2,3H3,(H2,16,17,18);1H. The highest BCUT2D eigenvalue weighted by Crippen LogP contribution is 2.17. The van der Waals surface area contributed by atoms with Gasteiger partial charge in [0, 0.05) is 25.7 Å². The normalized spacial score (nSPS) is 10.2. The smallest absolute Gasteiger partial charge is 0.191 e. The third-order valence-corrected chi connectivity index (χ3v) is 2.41. The number of aliphatic imine (C=N–C) groups is 1. The van der Waals surface area contributed by atoms with Crippen LogP contribution in [-0.4, -0.2) is 26.2 Å². The first-order chi connectivity index (χ1) is 9.31. The molecule has 0 saturated carbocycles. The Morgan fingerprint density at radius 1 is 1.25 bits per heavy atom. The molecule has 1 aromatic rings. The van der Waals surface area contributed by atoms with Gasteiger partial charge in [0.25, 0.3) is 0 Å². The summed E-state index contributed by atoms with van der Waals surface area (Å²) < 4.78 is 5.60. The third-order valence-electron chi connectivity index (χ3n) is 2.41. The van der Waals surface area contributed by atoms with Crippen molar-refractivity contribution in [2.75, 3.05) is 20.2 Å². The van der Waals surface area contributed by atoms with Gasteiger partial charge < -0.3 is 15.4 Å². The first-order valence-corrected chi connectivity index (χ1v) is 6.18. The predicted octanol–water partition coefficient (Wildman–Crippen LogP) is 2.72. The van der Waals surface area contributed by atoms with E-state index in [9.17, 15) is 0 Å². The minimum Gasteiger partial charge on any atom is -0.489 e. The minimum absolute atomic E-state index is 0. The lowest BCUT2D eigenvalue weighted by molar-refractivity contribution is 0.358. The molecule has 20 heavy (non-hydrogen) atoms. The van der Waals surface area contributed by atoms with E-state index in [2.05, 4.69) is 28.8 Å². The summed E-state index contributed by atoms with van der Waals surface area (Å²) >= 11 is 0. The highest BCUT2D eigenvalue weighted by Gasteiger charge is 2.03. The fraction of sp³-hybridized carbons (Fsp3) is 0.267. The highest BCUT2D eigenvalue weighted by atomic mass is 127. The van der Waals surface area contributed by atoms with Crippen molar-refractivity contribution in [3.05, 3.63) is 55.1 Å². The molecule has 0 spiro atoms. The van der Waals surface area contributed by atoms with E-state index in [0.717, 1.165) is 17.3 Å². The summed E-state index contributed by atoms with van der Waals surface area (Å²) in [5.41, 5.74) is 1.07. The number of guanidine groups is 1. The SMILES string of the molecule is C=CCNC(=NC)NCc1ccccc1OCC=C.I. The minimum atomic E-state index is 0. The number of ether oxygens (including phenoxy) is 1. The molecule has 0 amide bonds. The van der Waals surface area contributed by atoms with Crippen LogP contribution in [0.25, 0.3) is 0 Å². The average molecular weight is 387 g/mol. The Bertz CT molecular complexity index is 446. The number of nitrogens with one attached hydrogen (secondary N) is 2. The molecule has 4 nitrogen and oxygen atoms in total. The molecular weight excluding hydrogens is 365 g/mol. The van der Waals surface area contributed by atoms with Crippen LogP contribution in [0.15, 0.2) is 54.6 Å². The van der Waals surface area contributed by atoms with Crippen LogP contribution in [0.3, 0.4) is 0 Å². The van der Waals surface area contributed by atoms with Crippen LogP contribution in [0, 0.1) is 0 Å². The van der Waals surface area contributed by atoms with E-state index in [1.165, 1.54) is 0 Å². The van der Waals surface area contributed by atoms with Crippen molar-refractivity contribution in [2.24, 2.45) is 4.99 Å². The summed E-state index contributed by atoms with van der Waals surface area (Å²) in [6, 6.07) is 7.90. The van der Waals surface area contributed by atoms with Crippen LogP contribution in [0.1, 0.15) is 5.56 Å². The zero-order chi connectivity index (χ0) is 13.9. The van der Waals surface area contributed by atoms with Crippen molar-refractivity contribution in [3.8, 4) is 5.75 Å². The van der Waals surface area contributed by atoms with Gasteiger partial charge in [-0.3, -0.25) is 4.99 Å². The summed E-state index contributed by atoms with van der Waals surface area (Å²) in [5.74, 6) is 1.59. The van der Waals surface area contributed by atoms with Crippen LogP contribution < -0.4 is 15.4 Å². The number of rotatable bonds is 7. The second kappa shape index (κ2) is 11.3. The molecule has 1 aromatic carbocycles. The Labute approximate surface area is 138 Å². The largest absolute Gasteiger partial charge is 0.489 e. The van der Waals surface area contributed by atoms with E-state index in [4.69, 9.17) is 4.74 Å². The van der Waals surface area contributed by atoms with Crippen molar-refractivity contribution in [2.45, 2.75) is 6.54 Å². The van der Waals surface area contributed by atoms with Crippen molar-refractivity contribution < 1.29 is 4.74 Å². The topological polar surface area (TPSA) is 45.7 Å². The van der Waals surface area contributed by atoms with Crippen LogP contribution in [0.2, 0.25) is 0 Å². The van der Waals surface area contributed by atoms with Gasteiger partial charge in [0.2, 0.25) is 0 Å². The lowest BCUT2D eigenvalue weighted by Gasteiger charge is -2.13. The Kier molecular flexibility index (Phi) is 10.5. The molecule has 0 aromatic heterocycles. The summed E-state index contributed by atoms with van der Waals surface area (Å²) in [4.78, 5) is 4.12. The van der Waals surface area contributed by atoms with Crippen LogP contribution >= 0.6 is 24.0 Å².